The Hall–Kier alpha value is -0.480. The average molecular weight is 352 g/mol. The Bertz CT molecular complexity index is 496. The van der Waals surface area contributed by atoms with E-state index in [0.29, 0.717) is 21.7 Å². The molecule has 0 spiro atoms. The van der Waals surface area contributed by atoms with Gasteiger partial charge in [0.2, 0.25) is 0 Å². The van der Waals surface area contributed by atoms with Crippen LogP contribution in [0, 0.1) is 0 Å². The van der Waals surface area contributed by atoms with Crippen LogP contribution in [0.1, 0.15) is 36.0 Å². The molecule has 6 heteroatoms. The lowest BCUT2D eigenvalue weighted by Gasteiger charge is -2.38. The van der Waals surface area contributed by atoms with Crippen LogP contribution >= 0.6 is 35.6 Å². The van der Waals surface area contributed by atoms with Gasteiger partial charge in [0.05, 0.1) is 10.0 Å². The predicted molar refractivity (Wildman–Crippen MR) is 90.9 cm³/mol. The van der Waals surface area contributed by atoms with Gasteiger partial charge in [0, 0.05) is 24.7 Å². The molecule has 1 fully saturated rings. The van der Waals surface area contributed by atoms with E-state index in [1.807, 2.05) is 19.0 Å². The van der Waals surface area contributed by atoms with Gasteiger partial charge in [0.15, 0.2) is 0 Å². The van der Waals surface area contributed by atoms with Crippen LogP contribution in [-0.4, -0.2) is 37.0 Å². The minimum absolute atomic E-state index is 0. The number of nitrogens with zero attached hydrogens (tertiary/aromatic N) is 1. The Kier molecular flexibility index (Phi) is 7.28. The lowest BCUT2D eigenvalue weighted by Crippen LogP contribution is -2.51. The number of hydrogen-bond donors (Lipinski definition) is 1. The first-order valence-corrected chi connectivity index (χ1v) is 7.69. The summed E-state index contributed by atoms with van der Waals surface area (Å²) in [5.74, 6) is -0.00397. The highest BCUT2D eigenvalue weighted by Gasteiger charge is 2.30. The minimum atomic E-state index is -0.00397. The van der Waals surface area contributed by atoms with Crippen molar-refractivity contribution >= 4 is 41.5 Å². The first kappa shape index (κ1) is 18.6. The average Bonchev–Trinajstić information content (AvgIpc) is 2.48. The molecule has 118 valence electrons. The maximum atomic E-state index is 12.6. The van der Waals surface area contributed by atoms with E-state index in [1.54, 1.807) is 18.2 Å². The van der Waals surface area contributed by atoms with Crippen molar-refractivity contribution in [2.24, 2.45) is 0 Å². The summed E-state index contributed by atoms with van der Waals surface area (Å²) < 4.78 is 0. The molecule has 3 nitrogen and oxygen atoms in total. The second-order valence-corrected chi connectivity index (χ2v) is 6.11. The van der Waals surface area contributed by atoms with Crippen LogP contribution in [0.4, 0.5) is 0 Å². The highest BCUT2D eigenvalue weighted by Crippen LogP contribution is 2.26. The van der Waals surface area contributed by atoms with Crippen LogP contribution in [-0.2, 0) is 0 Å². The maximum Gasteiger partial charge on any atom is 0.253 e. The van der Waals surface area contributed by atoms with Gasteiger partial charge in [-0.2, -0.15) is 0 Å². The van der Waals surface area contributed by atoms with Gasteiger partial charge in [0.1, 0.15) is 0 Å². The molecule has 2 rings (SSSR count). The molecule has 1 aliphatic carbocycles. The van der Waals surface area contributed by atoms with E-state index >= 15 is 0 Å². The van der Waals surface area contributed by atoms with E-state index in [0.717, 1.165) is 12.8 Å². The van der Waals surface area contributed by atoms with Crippen LogP contribution in [0.2, 0.25) is 10.0 Å². The molecule has 1 amide bonds. The molecular formula is C15H21Cl3N2O. The van der Waals surface area contributed by atoms with E-state index in [9.17, 15) is 4.79 Å². The predicted octanol–water partition coefficient (Wildman–Crippen LogP) is 4.02. The number of benzene rings is 1. The van der Waals surface area contributed by atoms with Crippen LogP contribution in [0.15, 0.2) is 18.2 Å². The molecule has 1 aromatic rings. The van der Waals surface area contributed by atoms with Gasteiger partial charge in [-0.05, 0) is 38.1 Å². The van der Waals surface area contributed by atoms with Crippen LogP contribution in [0.3, 0.4) is 0 Å². The minimum Gasteiger partial charge on any atom is -0.337 e. The van der Waals surface area contributed by atoms with E-state index in [-0.39, 0.29) is 24.4 Å². The molecule has 0 bridgehead atoms. The number of nitrogens with one attached hydrogen (secondary N) is 1. The van der Waals surface area contributed by atoms with E-state index in [2.05, 4.69) is 5.32 Å². The smallest absolute Gasteiger partial charge is 0.253 e. The zero-order valence-electron chi connectivity index (χ0n) is 12.2. The maximum absolute atomic E-state index is 12.6. The van der Waals surface area contributed by atoms with Gasteiger partial charge in [0.25, 0.3) is 5.91 Å². The summed E-state index contributed by atoms with van der Waals surface area (Å²) in [4.78, 5) is 14.4. The quantitative estimate of drug-likeness (QED) is 0.892. The molecule has 0 aliphatic heterocycles. The lowest BCUT2D eigenvalue weighted by atomic mass is 9.89. The number of amides is 1. The topological polar surface area (TPSA) is 32.3 Å². The Labute approximate surface area is 142 Å². The Morgan fingerprint density at radius 2 is 1.90 bits per heavy atom. The SMILES string of the molecule is CNC1CCCCC1N(C)C(=O)c1ccc(Cl)c(Cl)c1.Cl. The fourth-order valence-electron chi connectivity index (χ4n) is 2.89. The molecule has 1 aliphatic rings. The normalized spacial score (nSPS) is 21.5. The van der Waals surface area contributed by atoms with E-state index in [1.165, 1.54) is 12.8 Å². The molecule has 2 unspecified atom stereocenters. The van der Waals surface area contributed by atoms with Crippen molar-refractivity contribution in [2.45, 2.75) is 37.8 Å². The highest BCUT2D eigenvalue weighted by atomic mass is 35.5. The summed E-state index contributed by atoms with van der Waals surface area (Å²) in [6, 6.07) is 5.63. The molecular weight excluding hydrogens is 331 g/mol. The van der Waals surface area contributed by atoms with Gasteiger partial charge in [-0.25, -0.2) is 0 Å². The monoisotopic (exact) mass is 350 g/mol. The first-order chi connectivity index (χ1) is 9.54. The standard InChI is InChI=1S/C15H20Cl2N2O.ClH/c1-18-13-5-3-4-6-14(13)19(2)15(20)10-7-8-11(16)12(17)9-10;/h7-9,13-14,18H,3-6H2,1-2H3;1H. The van der Waals surface area contributed by atoms with Gasteiger partial charge < -0.3 is 10.2 Å². The van der Waals surface area contributed by atoms with Gasteiger partial charge in [-0.1, -0.05) is 36.0 Å². The summed E-state index contributed by atoms with van der Waals surface area (Å²) >= 11 is 11.9. The lowest BCUT2D eigenvalue weighted by molar-refractivity contribution is 0.0655. The second kappa shape index (κ2) is 8.23. The fourth-order valence-corrected chi connectivity index (χ4v) is 3.19. The third kappa shape index (κ3) is 4.26. The molecule has 1 N–H and O–H groups in total. The number of hydrogen-bond acceptors (Lipinski definition) is 2. The number of carbonyl (C=O) groups excluding carboxylic acids is 1. The zero-order valence-corrected chi connectivity index (χ0v) is 14.6. The second-order valence-electron chi connectivity index (χ2n) is 5.29. The summed E-state index contributed by atoms with van der Waals surface area (Å²) in [5, 5.41) is 4.21. The third-order valence-corrected chi connectivity index (χ3v) is 4.82. The van der Waals surface area contributed by atoms with Gasteiger partial charge in [-0.15, -0.1) is 12.4 Å². The molecule has 21 heavy (non-hydrogen) atoms. The van der Waals surface area contributed by atoms with Crippen molar-refractivity contribution in [1.29, 1.82) is 0 Å². The number of likely N-dealkylation sites (N-methyl/N-ethyl adjacent to an activating group) is 2. The molecule has 1 aromatic carbocycles. The summed E-state index contributed by atoms with van der Waals surface area (Å²) in [5.41, 5.74) is 0.585. The largest absolute Gasteiger partial charge is 0.337 e. The van der Waals surface area contributed by atoms with Crippen molar-refractivity contribution in [3.05, 3.63) is 33.8 Å². The first-order valence-electron chi connectivity index (χ1n) is 6.94. The molecule has 0 aromatic heterocycles. The third-order valence-electron chi connectivity index (χ3n) is 4.08. The molecule has 1 saturated carbocycles. The van der Waals surface area contributed by atoms with Gasteiger partial charge in [-0.3, -0.25) is 4.79 Å². The van der Waals surface area contributed by atoms with Crippen molar-refractivity contribution in [3.63, 3.8) is 0 Å². The van der Waals surface area contributed by atoms with Crippen molar-refractivity contribution in [2.75, 3.05) is 14.1 Å². The molecule has 0 radical (unpaired) electrons. The Morgan fingerprint density at radius 3 is 2.52 bits per heavy atom. The summed E-state index contributed by atoms with van der Waals surface area (Å²) in [6.45, 7) is 0. The number of rotatable bonds is 3. The van der Waals surface area contributed by atoms with E-state index < -0.39 is 0 Å². The fraction of sp³-hybridized carbons (Fsp3) is 0.533. The van der Waals surface area contributed by atoms with Crippen LogP contribution < -0.4 is 5.32 Å². The van der Waals surface area contributed by atoms with Crippen LogP contribution in [0.5, 0.6) is 0 Å². The molecule has 0 heterocycles. The highest BCUT2D eigenvalue weighted by molar-refractivity contribution is 6.42. The summed E-state index contributed by atoms with van der Waals surface area (Å²) in [6.07, 6.45) is 4.54. The Morgan fingerprint density at radius 1 is 1.24 bits per heavy atom. The summed E-state index contributed by atoms with van der Waals surface area (Å²) in [7, 11) is 3.83. The zero-order chi connectivity index (χ0) is 14.7. The van der Waals surface area contributed by atoms with Gasteiger partial charge >= 0.3 is 0 Å². The number of halogens is 3. The van der Waals surface area contributed by atoms with Crippen molar-refractivity contribution in [3.8, 4) is 0 Å². The van der Waals surface area contributed by atoms with Crippen LogP contribution in [0.25, 0.3) is 0 Å². The van der Waals surface area contributed by atoms with E-state index in [4.69, 9.17) is 23.2 Å². The van der Waals surface area contributed by atoms with Crippen molar-refractivity contribution < 1.29 is 4.79 Å². The Balaban J connectivity index is 0.00000220. The molecule has 0 saturated heterocycles. The molecule has 2 atom stereocenters. The van der Waals surface area contributed by atoms with Crippen molar-refractivity contribution in [1.82, 2.24) is 10.2 Å². The number of carbonyl (C=O) groups is 1.